The van der Waals surface area contributed by atoms with E-state index in [-0.39, 0.29) is 10.8 Å². The Bertz CT molecular complexity index is 785. The smallest absolute Gasteiger partial charge is 0.115 e. The van der Waals surface area contributed by atoms with Crippen LogP contribution in [0.25, 0.3) is 11.1 Å². The molecule has 1 nitrogen and oxygen atoms in total. The van der Waals surface area contributed by atoms with Crippen molar-refractivity contribution in [3.63, 3.8) is 0 Å². The Hall–Kier alpha value is -1.54. The van der Waals surface area contributed by atoms with Gasteiger partial charge >= 0.3 is 0 Å². The van der Waals surface area contributed by atoms with Gasteiger partial charge in [-0.25, -0.2) is 0 Å². The Balaban J connectivity index is 2.09. The third-order valence-electron chi connectivity index (χ3n) is 5.37. The molecule has 2 aliphatic rings. The summed E-state index contributed by atoms with van der Waals surface area (Å²) in [4.78, 5) is 0. The van der Waals surface area contributed by atoms with Gasteiger partial charge in [0.25, 0.3) is 0 Å². The van der Waals surface area contributed by atoms with Crippen LogP contribution in [-0.4, -0.2) is 5.11 Å². The number of hydrogen-bond acceptors (Lipinski definition) is 1. The van der Waals surface area contributed by atoms with E-state index in [2.05, 4.69) is 67.9 Å². The molecule has 2 aromatic carbocycles. The second-order valence-electron chi connectivity index (χ2n) is 7.42. The normalized spacial score (nSPS) is 19.9. The maximum atomic E-state index is 9.93. The molecule has 4 rings (SSSR count). The third kappa shape index (κ3) is 1.54. The van der Waals surface area contributed by atoms with Crippen molar-refractivity contribution in [3.8, 4) is 5.75 Å². The van der Waals surface area contributed by atoms with Crippen molar-refractivity contribution in [3.05, 3.63) is 63.1 Å². The summed E-state index contributed by atoms with van der Waals surface area (Å²) in [6, 6.07) is 12.4. The lowest BCUT2D eigenvalue weighted by Crippen LogP contribution is -2.19. The second kappa shape index (κ2) is 4.05. The van der Waals surface area contributed by atoms with Gasteiger partial charge < -0.3 is 5.11 Å². The van der Waals surface area contributed by atoms with Gasteiger partial charge in [0.05, 0.1) is 0 Å². The van der Waals surface area contributed by atoms with Crippen LogP contribution in [0.2, 0.25) is 0 Å². The Kier molecular flexibility index (Phi) is 2.59. The van der Waals surface area contributed by atoms with Gasteiger partial charge in [-0.2, -0.15) is 0 Å². The molecule has 1 N–H and O–H groups in total. The van der Waals surface area contributed by atoms with Crippen LogP contribution in [-0.2, 0) is 10.8 Å². The molecule has 0 spiro atoms. The predicted molar refractivity (Wildman–Crippen MR) is 95.1 cm³/mol. The Morgan fingerprint density at radius 1 is 0.773 bits per heavy atom. The van der Waals surface area contributed by atoms with E-state index in [1.54, 1.807) is 6.07 Å². The molecule has 22 heavy (non-hydrogen) atoms. The van der Waals surface area contributed by atoms with E-state index >= 15 is 0 Å². The molecule has 112 valence electrons. The van der Waals surface area contributed by atoms with Crippen LogP contribution < -0.4 is 0 Å². The SMILES string of the molecule is CC1(C)C2=C(c3ccc(O)cc31)C(C)(C)c1cc(Br)ccc12. The molecule has 2 heteroatoms. The molecule has 0 atom stereocenters. The molecule has 2 aliphatic carbocycles. The molecule has 0 bridgehead atoms. The lowest BCUT2D eigenvalue weighted by Gasteiger charge is -2.28. The molecular formula is C20H19BrO. The first-order valence-electron chi connectivity index (χ1n) is 7.64. The molecule has 0 saturated carbocycles. The van der Waals surface area contributed by atoms with Crippen molar-refractivity contribution in [2.24, 2.45) is 0 Å². The summed E-state index contributed by atoms with van der Waals surface area (Å²) in [5.74, 6) is 0.349. The lowest BCUT2D eigenvalue weighted by molar-refractivity contribution is 0.473. The van der Waals surface area contributed by atoms with Gasteiger partial charge in [0, 0.05) is 15.3 Å². The number of phenols is 1. The number of aromatic hydroxyl groups is 1. The monoisotopic (exact) mass is 354 g/mol. The number of rotatable bonds is 0. The Morgan fingerprint density at radius 2 is 1.27 bits per heavy atom. The fourth-order valence-corrected chi connectivity index (χ4v) is 4.72. The van der Waals surface area contributed by atoms with E-state index in [0.29, 0.717) is 5.75 Å². The predicted octanol–water partition coefficient (Wildman–Crippen LogP) is 5.65. The van der Waals surface area contributed by atoms with Gasteiger partial charge in [-0.3, -0.25) is 0 Å². The van der Waals surface area contributed by atoms with Crippen LogP contribution in [0.3, 0.4) is 0 Å². The van der Waals surface area contributed by atoms with E-state index in [1.807, 2.05) is 6.07 Å². The number of hydrogen-bond donors (Lipinski definition) is 1. The van der Waals surface area contributed by atoms with Crippen molar-refractivity contribution in [2.45, 2.75) is 38.5 Å². The van der Waals surface area contributed by atoms with Gasteiger partial charge in [-0.15, -0.1) is 0 Å². The van der Waals surface area contributed by atoms with Gasteiger partial charge in [0.1, 0.15) is 5.75 Å². The standard InChI is InChI=1S/C20H19BrO/c1-19(2)15-9-11(21)5-7-13(15)17-18(19)14-8-6-12(22)10-16(14)20(17,3)4/h5-10,22H,1-4H3. The summed E-state index contributed by atoms with van der Waals surface area (Å²) < 4.78 is 1.13. The number of benzene rings is 2. The molecule has 0 amide bonds. The molecule has 0 aromatic heterocycles. The average Bonchev–Trinajstić information content (AvgIpc) is 2.81. The lowest BCUT2D eigenvalue weighted by atomic mass is 9.76. The number of fused-ring (bicyclic) bond motifs is 4. The Morgan fingerprint density at radius 3 is 1.86 bits per heavy atom. The minimum Gasteiger partial charge on any atom is -0.508 e. The summed E-state index contributed by atoms with van der Waals surface area (Å²) >= 11 is 3.61. The van der Waals surface area contributed by atoms with Gasteiger partial charge in [-0.1, -0.05) is 55.8 Å². The second-order valence-corrected chi connectivity index (χ2v) is 8.34. The van der Waals surface area contributed by atoms with Crippen LogP contribution in [0.4, 0.5) is 0 Å². The first-order chi connectivity index (χ1) is 10.2. The third-order valence-corrected chi connectivity index (χ3v) is 5.86. The van der Waals surface area contributed by atoms with Gasteiger partial charge in [0.2, 0.25) is 0 Å². The highest BCUT2D eigenvalue weighted by molar-refractivity contribution is 9.10. The average molecular weight is 355 g/mol. The summed E-state index contributed by atoms with van der Waals surface area (Å²) in [5, 5.41) is 9.93. The van der Waals surface area contributed by atoms with Crippen molar-refractivity contribution in [1.82, 2.24) is 0 Å². The van der Waals surface area contributed by atoms with Crippen LogP contribution >= 0.6 is 15.9 Å². The highest BCUT2D eigenvalue weighted by Crippen LogP contribution is 2.62. The topological polar surface area (TPSA) is 20.2 Å². The number of allylic oxidation sites excluding steroid dienone is 2. The van der Waals surface area contributed by atoms with Crippen molar-refractivity contribution < 1.29 is 5.11 Å². The zero-order chi connectivity index (χ0) is 15.9. The van der Waals surface area contributed by atoms with Crippen molar-refractivity contribution >= 4 is 27.1 Å². The summed E-state index contributed by atoms with van der Waals surface area (Å²) in [7, 11) is 0. The summed E-state index contributed by atoms with van der Waals surface area (Å²) in [6.45, 7) is 9.14. The molecule has 0 aliphatic heterocycles. The fraction of sp³-hybridized carbons (Fsp3) is 0.300. The first kappa shape index (κ1) is 14.1. The molecule has 2 aromatic rings. The Labute approximate surface area is 139 Å². The summed E-state index contributed by atoms with van der Waals surface area (Å²) in [6.07, 6.45) is 0. The molecule has 0 heterocycles. The first-order valence-corrected chi connectivity index (χ1v) is 8.43. The van der Waals surface area contributed by atoms with Crippen LogP contribution in [0.1, 0.15) is 49.9 Å². The molecule has 0 unspecified atom stereocenters. The van der Waals surface area contributed by atoms with E-state index < -0.39 is 0 Å². The van der Waals surface area contributed by atoms with Gasteiger partial charge in [-0.05, 0) is 57.7 Å². The van der Waals surface area contributed by atoms with Crippen LogP contribution in [0.15, 0.2) is 40.9 Å². The van der Waals surface area contributed by atoms with E-state index in [0.717, 1.165) is 4.47 Å². The highest BCUT2D eigenvalue weighted by atomic mass is 79.9. The highest BCUT2D eigenvalue weighted by Gasteiger charge is 2.49. The maximum Gasteiger partial charge on any atom is 0.115 e. The molecule has 0 saturated heterocycles. The van der Waals surface area contributed by atoms with E-state index in [9.17, 15) is 5.11 Å². The minimum atomic E-state index is -0.0836. The molecule has 0 fully saturated rings. The van der Waals surface area contributed by atoms with Crippen LogP contribution in [0, 0.1) is 0 Å². The zero-order valence-corrected chi connectivity index (χ0v) is 14.9. The quantitative estimate of drug-likeness (QED) is 0.648. The number of phenolic OH excluding ortho intramolecular Hbond substituents is 1. The largest absolute Gasteiger partial charge is 0.508 e. The van der Waals surface area contributed by atoms with E-state index in [1.165, 1.54) is 33.4 Å². The van der Waals surface area contributed by atoms with Crippen molar-refractivity contribution in [1.29, 1.82) is 0 Å². The molecule has 0 radical (unpaired) electrons. The van der Waals surface area contributed by atoms with Crippen LogP contribution in [0.5, 0.6) is 5.75 Å². The van der Waals surface area contributed by atoms with Gasteiger partial charge in [0.15, 0.2) is 0 Å². The minimum absolute atomic E-state index is 0.0199. The van der Waals surface area contributed by atoms with E-state index in [4.69, 9.17) is 0 Å². The molecular weight excluding hydrogens is 336 g/mol. The fourth-order valence-electron chi connectivity index (χ4n) is 4.36. The number of halogens is 1. The zero-order valence-electron chi connectivity index (χ0n) is 13.3. The summed E-state index contributed by atoms with van der Waals surface area (Å²) in [5.41, 5.74) is 7.99. The maximum absolute atomic E-state index is 9.93. The van der Waals surface area contributed by atoms with Crippen molar-refractivity contribution in [2.75, 3.05) is 0 Å².